The number of aliphatic hydroxyl groups is 1. The molecule has 32 heavy (non-hydrogen) atoms. The van der Waals surface area contributed by atoms with Gasteiger partial charge in [-0.25, -0.2) is 0 Å². The topological polar surface area (TPSA) is 81.9 Å². The minimum absolute atomic E-state index is 0.285. The van der Waals surface area contributed by atoms with Crippen molar-refractivity contribution in [3.05, 3.63) is 66.7 Å². The van der Waals surface area contributed by atoms with Gasteiger partial charge in [0, 0.05) is 13.1 Å². The Morgan fingerprint density at radius 2 is 1.84 bits per heavy atom. The van der Waals surface area contributed by atoms with Crippen LogP contribution in [0.5, 0.6) is 17.2 Å². The Balaban J connectivity index is 1.34. The largest absolute Gasteiger partial charge is 0.493 e. The van der Waals surface area contributed by atoms with Gasteiger partial charge in [-0.2, -0.15) is 0 Å². The third-order valence-electron chi connectivity index (χ3n) is 5.59. The molecule has 1 aromatic heterocycles. The zero-order valence-electron chi connectivity index (χ0n) is 18.4. The maximum Gasteiger partial charge on any atom is 0.161 e. The highest BCUT2D eigenvalue weighted by Gasteiger charge is 2.34. The van der Waals surface area contributed by atoms with Crippen LogP contribution in [0.3, 0.4) is 0 Å². The predicted molar refractivity (Wildman–Crippen MR) is 120 cm³/mol. The van der Waals surface area contributed by atoms with Crippen molar-refractivity contribution < 1.29 is 19.3 Å². The number of aromatic nitrogens is 3. The predicted octanol–water partition coefficient (Wildman–Crippen LogP) is 2.77. The van der Waals surface area contributed by atoms with Crippen LogP contribution in [0.1, 0.15) is 18.4 Å². The smallest absolute Gasteiger partial charge is 0.161 e. The average Bonchev–Trinajstić information content (AvgIpc) is 3.32. The maximum absolute atomic E-state index is 11.1. The molecule has 8 heteroatoms. The van der Waals surface area contributed by atoms with Crippen molar-refractivity contribution in [2.24, 2.45) is 0 Å². The highest BCUT2D eigenvalue weighted by Crippen LogP contribution is 2.30. The van der Waals surface area contributed by atoms with E-state index in [0.29, 0.717) is 31.2 Å². The molecular formula is C24H30N4O4. The van der Waals surface area contributed by atoms with Gasteiger partial charge in [0.2, 0.25) is 0 Å². The molecule has 1 aliphatic rings. The minimum Gasteiger partial charge on any atom is -0.493 e. The third-order valence-corrected chi connectivity index (χ3v) is 5.59. The Morgan fingerprint density at radius 1 is 1.03 bits per heavy atom. The number of β-amino-alcohol motifs (C(OH)–C–C–N with tert-alkyl or cyclic N) is 1. The van der Waals surface area contributed by atoms with Crippen LogP contribution in [-0.2, 0) is 13.1 Å². The number of methoxy groups -OCH3 is 1. The molecule has 1 N–H and O–H groups in total. The number of benzene rings is 2. The van der Waals surface area contributed by atoms with E-state index in [0.717, 1.165) is 37.2 Å². The van der Waals surface area contributed by atoms with Gasteiger partial charge in [0.15, 0.2) is 11.5 Å². The first-order valence-corrected chi connectivity index (χ1v) is 10.9. The van der Waals surface area contributed by atoms with E-state index < -0.39 is 5.60 Å². The van der Waals surface area contributed by atoms with Gasteiger partial charge >= 0.3 is 0 Å². The van der Waals surface area contributed by atoms with Gasteiger partial charge in [0.05, 0.1) is 13.7 Å². The normalized spacial score (nSPS) is 18.9. The number of piperidine rings is 1. The number of likely N-dealkylation sites (tertiary alicyclic amines) is 1. The summed E-state index contributed by atoms with van der Waals surface area (Å²) in [4.78, 5) is 2.26. The lowest BCUT2D eigenvalue weighted by Crippen LogP contribution is -2.51. The van der Waals surface area contributed by atoms with E-state index >= 15 is 0 Å². The molecule has 0 saturated carbocycles. The van der Waals surface area contributed by atoms with Crippen molar-refractivity contribution >= 4 is 0 Å². The van der Waals surface area contributed by atoms with Crippen molar-refractivity contribution in [1.29, 1.82) is 0 Å². The Kier molecular flexibility index (Phi) is 7.24. The summed E-state index contributed by atoms with van der Waals surface area (Å²) >= 11 is 0. The third kappa shape index (κ3) is 5.99. The summed E-state index contributed by atoms with van der Waals surface area (Å²) in [6, 6.07) is 15.6. The van der Waals surface area contributed by atoms with Crippen LogP contribution in [0, 0.1) is 0 Å². The van der Waals surface area contributed by atoms with Crippen LogP contribution < -0.4 is 14.2 Å². The molecule has 0 amide bonds. The van der Waals surface area contributed by atoms with Gasteiger partial charge in [-0.1, -0.05) is 24.3 Å². The molecule has 1 atom stereocenters. The van der Waals surface area contributed by atoms with E-state index in [1.807, 2.05) is 53.1 Å². The van der Waals surface area contributed by atoms with Crippen LogP contribution in [-0.4, -0.2) is 63.8 Å². The summed E-state index contributed by atoms with van der Waals surface area (Å²) in [5.41, 5.74) is 0.247. The molecule has 1 fully saturated rings. The average molecular weight is 439 g/mol. The Hall–Kier alpha value is -3.10. The van der Waals surface area contributed by atoms with Crippen molar-refractivity contribution in [2.75, 3.05) is 33.4 Å². The highest BCUT2D eigenvalue weighted by atomic mass is 16.5. The van der Waals surface area contributed by atoms with Gasteiger partial charge in [0.25, 0.3) is 0 Å². The van der Waals surface area contributed by atoms with Crippen molar-refractivity contribution in [3.63, 3.8) is 0 Å². The standard InChI is InChI=1S/C24H30N4O4/c1-30-22-9-8-20(14-23(22)31-13-12-28-18-25-26-19-28)15-27-11-5-10-24(29,16-27)17-32-21-6-3-2-4-7-21/h2-4,6-9,14,18-19,29H,5,10-13,15-17H2,1H3. The van der Waals surface area contributed by atoms with E-state index in [1.54, 1.807) is 19.8 Å². The lowest BCUT2D eigenvalue weighted by Gasteiger charge is -2.39. The molecule has 3 aromatic rings. The van der Waals surface area contributed by atoms with Crippen molar-refractivity contribution in [1.82, 2.24) is 19.7 Å². The minimum atomic E-state index is -0.862. The summed E-state index contributed by atoms with van der Waals surface area (Å²) in [6.07, 6.45) is 4.98. The zero-order valence-corrected chi connectivity index (χ0v) is 18.4. The summed E-state index contributed by atoms with van der Waals surface area (Å²) in [5, 5.41) is 18.7. The fourth-order valence-electron chi connectivity index (χ4n) is 3.98. The second-order valence-electron chi connectivity index (χ2n) is 8.17. The molecule has 2 heterocycles. The SMILES string of the molecule is COc1ccc(CN2CCCC(O)(COc3ccccc3)C2)cc1OCCn1cnnc1. The Bertz CT molecular complexity index is 967. The maximum atomic E-state index is 11.1. The van der Waals surface area contributed by atoms with E-state index in [2.05, 4.69) is 15.1 Å². The second-order valence-corrected chi connectivity index (χ2v) is 8.17. The monoisotopic (exact) mass is 438 g/mol. The van der Waals surface area contributed by atoms with E-state index in [1.165, 1.54) is 0 Å². The Morgan fingerprint density at radius 3 is 2.62 bits per heavy atom. The van der Waals surface area contributed by atoms with E-state index in [-0.39, 0.29) is 6.61 Å². The zero-order chi connectivity index (χ0) is 22.2. The summed E-state index contributed by atoms with van der Waals surface area (Å²) in [5.74, 6) is 2.18. The lowest BCUT2D eigenvalue weighted by molar-refractivity contribution is -0.0621. The van der Waals surface area contributed by atoms with Gasteiger partial charge in [-0.3, -0.25) is 4.90 Å². The van der Waals surface area contributed by atoms with Crippen molar-refractivity contribution in [2.45, 2.75) is 31.5 Å². The molecule has 8 nitrogen and oxygen atoms in total. The van der Waals surface area contributed by atoms with Gasteiger partial charge in [-0.15, -0.1) is 10.2 Å². The van der Waals surface area contributed by atoms with Gasteiger partial charge in [0.1, 0.15) is 37.2 Å². The molecule has 0 bridgehead atoms. The molecule has 1 unspecified atom stereocenters. The molecule has 4 rings (SSSR count). The number of hydrogen-bond acceptors (Lipinski definition) is 7. The number of nitrogens with zero attached hydrogens (tertiary/aromatic N) is 4. The van der Waals surface area contributed by atoms with Crippen LogP contribution in [0.4, 0.5) is 0 Å². The van der Waals surface area contributed by atoms with Crippen LogP contribution in [0.2, 0.25) is 0 Å². The number of rotatable bonds is 10. The molecule has 1 saturated heterocycles. The van der Waals surface area contributed by atoms with Crippen LogP contribution >= 0.6 is 0 Å². The Labute approximate surface area is 188 Å². The van der Waals surface area contributed by atoms with E-state index in [9.17, 15) is 5.11 Å². The van der Waals surface area contributed by atoms with Crippen LogP contribution in [0.15, 0.2) is 61.2 Å². The number of hydrogen-bond donors (Lipinski definition) is 1. The molecule has 0 spiro atoms. The van der Waals surface area contributed by atoms with Crippen LogP contribution in [0.25, 0.3) is 0 Å². The molecule has 170 valence electrons. The number of para-hydroxylation sites is 1. The number of ether oxygens (including phenoxy) is 3. The molecule has 0 aliphatic carbocycles. The molecule has 1 aliphatic heterocycles. The van der Waals surface area contributed by atoms with Crippen molar-refractivity contribution in [3.8, 4) is 17.2 Å². The molecule has 2 aromatic carbocycles. The molecule has 0 radical (unpaired) electrons. The van der Waals surface area contributed by atoms with Gasteiger partial charge in [-0.05, 0) is 49.2 Å². The fraction of sp³-hybridized carbons (Fsp3) is 0.417. The summed E-state index contributed by atoms with van der Waals surface area (Å²) in [7, 11) is 1.64. The fourth-order valence-corrected chi connectivity index (χ4v) is 3.98. The quantitative estimate of drug-likeness (QED) is 0.521. The lowest BCUT2D eigenvalue weighted by atomic mass is 9.93. The van der Waals surface area contributed by atoms with E-state index in [4.69, 9.17) is 14.2 Å². The van der Waals surface area contributed by atoms with Gasteiger partial charge < -0.3 is 23.9 Å². The first-order valence-electron chi connectivity index (χ1n) is 10.9. The molecular weight excluding hydrogens is 408 g/mol. The first kappa shape index (κ1) is 22.1. The first-order chi connectivity index (χ1) is 15.6. The highest BCUT2D eigenvalue weighted by molar-refractivity contribution is 5.43. The summed E-state index contributed by atoms with van der Waals surface area (Å²) in [6.45, 7) is 3.64. The summed E-state index contributed by atoms with van der Waals surface area (Å²) < 4.78 is 19.1. The second kappa shape index (κ2) is 10.5.